The average molecular weight is 291 g/mol. The Hall–Kier alpha value is -1.45. The summed E-state index contributed by atoms with van der Waals surface area (Å²) in [4.78, 5) is 10.5. The molecule has 1 aromatic heterocycles. The van der Waals surface area contributed by atoms with Crippen molar-refractivity contribution in [3.05, 3.63) is 11.4 Å². The zero-order valence-electron chi connectivity index (χ0n) is 10.7. The molecule has 1 aromatic rings. The molecule has 0 aliphatic heterocycles. The van der Waals surface area contributed by atoms with Gasteiger partial charge in [0.2, 0.25) is 10.0 Å². The van der Waals surface area contributed by atoms with E-state index < -0.39 is 32.7 Å². The second-order valence-corrected chi connectivity index (χ2v) is 5.83. The first-order valence-electron chi connectivity index (χ1n) is 5.75. The van der Waals surface area contributed by atoms with Crippen LogP contribution in [0.2, 0.25) is 0 Å². The molecule has 1 rings (SSSR count). The first kappa shape index (κ1) is 15.6. The first-order chi connectivity index (χ1) is 8.79. The molecule has 1 atom stereocenters. The fourth-order valence-corrected chi connectivity index (χ4v) is 3.00. The number of aryl methyl sites for hydroxylation is 1. The Morgan fingerprint density at radius 1 is 1.53 bits per heavy atom. The monoisotopic (exact) mass is 291 g/mol. The third-order valence-electron chi connectivity index (χ3n) is 2.49. The van der Waals surface area contributed by atoms with Crippen LogP contribution in [0.4, 0.5) is 0 Å². The molecule has 0 radical (unpaired) electrons. The van der Waals surface area contributed by atoms with Gasteiger partial charge in [0, 0.05) is 6.54 Å². The molecule has 0 saturated carbocycles. The fourth-order valence-electron chi connectivity index (χ4n) is 1.61. The van der Waals surface area contributed by atoms with Crippen LogP contribution in [0.25, 0.3) is 0 Å². The van der Waals surface area contributed by atoms with Gasteiger partial charge in [-0.3, -0.25) is 5.10 Å². The van der Waals surface area contributed by atoms with Gasteiger partial charge in [0.25, 0.3) is 0 Å². The lowest BCUT2D eigenvalue weighted by molar-refractivity contribution is 0.0686. The molecule has 4 N–H and O–H groups in total. The maximum Gasteiger partial charge on any atom is 0.357 e. The largest absolute Gasteiger partial charge is 0.476 e. The number of aromatic carboxylic acids is 1. The Balaban J connectivity index is 2.95. The second-order valence-electron chi connectivity index (χ2n) is 4.13. The Morgan fingerprint density at radius 2 is 2.16 bits per heavy atom. The maximum atomic E-state index is 12.0. The molecular weight excluding hydrogens is 274 g/mol. The molecule has 1 heterocycles. The zero-order valence-corrected chi connectivity index (χ0v) is 11.5. The molecule has 0 aliphatic rings. The maximum absolute atomic E-state index is 12.0. The summed E-state index contributed by atoms with van der Waals surface area (Å²) in [6, 6.07) is 0. The number of aromatic nitrogens is 2. The van der Waals surface area contributed by atoms with E-state index in [9.17, 15) is 18.3 Å². The Labute approximate surface area is 110 Å². The van der Waals surface area contributed by atoms with Gasteiger partial charge in [-0.15, -0.1) is 0 Å². The normalized spacial score (nSPS) is 13.4. The number of rotatable bonds is 7. The summed E-state index contributed by atoms with van der Waals surface area (Å²) >= 11 is 0. The molecular formula is C10H17N3O5S. The molecule has 1 unspecified atom stereocenters. The number of hydrogen-bond donors (Lipinski definition) is 4. The Bertz CT molecular complexity index is 552. The minimum atomic E-state index is -4.02. The summed E-state index contributed by atoms with van der Waals surface area (Å²) in [7, 11) is -4.02. The number of aromatic amines is 1. The molecule has 19 heavy (non-hydrogen) atoms. The van der Waals surface area contributed by atoms with Crippen LogP contribution < -0.4 is 4.72 Å². The average Bonchev–Trinajstić information content (AvgIpc) is 2.70. The van der Waals surface area contributed by atoms with Gasteiger partial charge in [0.1, 0.15) is 4.90 Å². The predicted octanol–water partition coefficient (Wildman–Crippen LogP) is -0.144. The second kappa shape index (κ2) is 6.13. The number of aliphatic hydroxyl groups excluding tert-OH is 1. The van der Waals surface area contributed by atoms with Gasteiger partial charge in [-0.25, -0.2) is 17.9 Å². The Kier molecular flexibility index (Phi) is 5.04. The number of sulfonamides is 1. The number of aliphatic hydroxyl groups is 1. The van der Waals surface area contributed by atoms with Gasteiger partial charge < -0.3 is 10.2 Å². The van der Waals surface area contributed by atoms with Crippen molar-refractivity contribution in [3.8, 4) is 0 Å². The van der Waals surface area contributed by atoms with Crippen molar-refractivity contribution in [2.75, 3.05) is 6.54 Å². The van der Waals surface area contributed by atoms with Crippen LogP contribution in [0.1, 0.15) is 35.9 Å². The molecule has 0 amide bonds. The molecule has 0 spiro atoms. The van der Waals surface area contributed by atoms with Crippen LogP contribution >= 0.6 is 0 Å². The summed E-state index contributed by atoms with van der Waals surface area (Å²) in [6.07, 6.45) is 0.368. The fraction of sp³-hybridized carbons (Fsp3) is 0.600. The van der Waals surface area contributed by atoms with Crippen molar-refractivity contribution >= 4 is 16.0 Å². The van der Waals surface area contributed by atoms with Crippen LogP contribution in [-0.4, -0.2) is 47.4 Å². The van der Waals surface area contributed by atoms with Crippen LogP contribution in [0.5, 0.6) is 0 Å². The SMILES string of the molecule is CCCC(O)CNS(=O)(=O)c1c(C(=O)O)n[nH]c1C. The van der Waals surface area contributed by atoms with E-state index >= 15 is 0 Å². The van der Waals surface area contributed by atoms with Crippen molar-refractivity contribution in [2.24, 2.45) is 0 Å². The lowest BCUT2D eigenvalue weighted by Gasteiger charge is -2.11. The quantitative estimate of drug-likeness (QED) is 0.552. The van der Waals surface area contributed by atoms with Crippen LogP contribution in [0, 0.1) is 6.92 Å². The predicted molar refractivity (Wildman–Crippen MR) is 66.4 cm³/mol. The minimum absolute atomic E-state index is 0.134. The van der Waals surface area contributed by atoms with Gasteiger partial charge >= 0.3 is 5.97 Å². The number of nitrogens with one attached hydrogen (secondary N) is 2. The summed E-state index contributed by atoms with van der Waals surface area (Å²) < 4.78 is 26.2. The van der Waals surface area contributed by atoms with Gasteiger partial charge in [-0.2, -0.15) is 5.10 Å². The topological polar surface area (TPSA) is 132 Å². The standard InChI is InChI=1S/C10H17N3O5S/c1-3-4-7(14)5-11-19(17,18)9-6(2)12-13-8(9)10(15)16/h7,11,14H,3-5H2,1-2H3,(H,12,13)(H,15,16). The summed E-state index contributed by atoms with van der Waals surface area (Å²) in [5, 5.41) is 24.1. The van der Waals surface area contributed by atoms with Gasteiger partial charge in [0.05, 0.1) is 11.8 Å². The van der Waals surface area contributed by atoms with E-state index in [2.05, 4.69) is 14.9 Å². The van der Waals surface area contributed by atoms with Gasteiger partial charge in [0.15, 0.2) is 5.69 Å². The van der Waals surface area contributed by atoms with E-state index in [0.29, 0.717) is 12.8 Å². The smallest absolute Gasteiger partial charge is 0.357 e. The summed E-state index contributed by atoms with van der Waals surface area (Å²) in [5.74, 6) is -1.43. The van der Waals surface area contributed by atoms with Crippen LogP contribution in [0.15, 0.2) is 4.90 Å². The summed E-state index contributed by atoms with van der Waals surface area (Å²) in [6.45, 7) is 3.11. The molecule has 0 aliphatic carbocycles. The lowest BCUT2D eigenvalue weighted by Crippen LogP contribution is -2.33. The third-order valence-corrected chi connectivity index (χ3v) is 4.08. The van der Waals surface area contributed by atoms with Gasteiger partial charge in [-0.1, -0.05) is 13.3 Å². The highest BCUT2D eigenvalue weighted by molar-refractivity contribution is 7.89. The number of H-pyrrole nitrogens is 1. The van der Waals surface area contributed by atoms with E-state index in [1.807, 2.05) is 6.92 Å². The number of nitrogens with zero attached hydrogens (tertiary/aromatic N) is 1. The first-order valence-corrected chi connectivity index (χ1v) is 7.24. The highest BCUT2D eigenvalue weighted by Gasteiger charge is 2.28. The van der Waals surface area contributed by atoms with E-state index in [4.69, 9.17) is 5.11 Å². The highest BCUT2D eigenvalue weighted by atomic mass is 32.2. The summed E-state index contributed by atoms with van der Waals surface area (Å²) in [5.41, 5.74) is -0.426. The Morgan fingerprint density at radius 3 is 2.68 bits per heavy atom. The zero-order chi connectivity index (χ0) is 14.6. The molecule has 0 saturated heterocycles. The van der Waals surface area contributed by atoms with E-state index in [-0.39, 0.29) is 12.2 Å². The number of carboxylic acids is 1. The van der Waals surface area contributed by atoms with Crippen molar-refractivity contribution in [3.63, 3.8) is 0 Å². The van der Waals surface area contributed by atoms with Crippen molar-refractivity contribution in [1.29, 1.82) is 0 Å². The van der Waals surface area contributed by atoms with Crippen molar-refractivity contribution < 1.29 is 23.4 Å². The molecule has 9 heteroatoms. The van der Waals surface area contributed by atoms with E-state index in [1.165, 1.54) is 6.92 Å². The number of hydrogen-bond acceptors (Lipinski definition) is 5. The molecule has 108 valence electrons. The van der Waals surface area contributed by atoms with Crippen molar-refractivity contribution in [1.82, 2.24) is 14.9 Å². The lowest BCUT2D eigenvalue weighted by atomic mass is 10.2. The molecule has 0 aromatic carbocycles. The number of carboxylic acid groups (broad SMARTS) is 1. The third kappa shape index (κ3) is 3.75. The van der Waals surface area contributed by atoms with Crippen LogP contribution in [0.3, 0.4) is 0 Å². The van der Waals surface area contributed by atoms with E-state index in [1.54, 1.807) is 0 Å². The van der Waals surface area contributed by atoms with E-state index in [0.717, 1.165) is 0 Å². The van der Waals surface area contributed by atoms with Crippen molar-refractivity contribution in [2.45, 2.75) is 37.7 Å². The minimum Gasteiger partial charge on any atom is -0.476 e. The number of carbonyl (C=O) groups is 1. The van der Waals surface area contributed by atoms with Crippen LogP contribution in [-0.2, 0) is 10.0 Å². The highest BCUT2D eigenvalue weighted by Crippen LogP contribution is 2.17. The molecule has 0 bridgehead atoms. The molecule has 8 nitrogen and oxygen atoms in total. The van der Waals surface area contributed by atoms with Gasteiger partial charge in [-0.05, 0) is 13.3 Å². The molecule has 0 fully saturated rings.